The van der Waals surface area contributed by atoms with Crippen LogP contribution in [0, 0.1) is 0 Å². The van der Waals surface area contributed by atoms with Crippen LogP contribution >= 0.6 is 24.0 Å². The Labute approximate surface area is 149 Å². The van der Waals surface area contributed by atoms with Gasteiger partial charge in [0.25, 0.3) is 0 Å². The van der Waals surface area contributed by atoms with E-state index in [2.05, 4.69) is 39.6 Å². The van der Waals surface area contributed by atoms with Crippen LogP contribution in [0.3, 0.4) is 0 Å². The molecule has 0 fully saturated rings. The maximum atomic E-state index is 5.84. The third-order valence-corrected chi connectivity index (χ3v) is 3.16. The van der Waals surface area contributed by atoms with Gasteiger partial charge in [-0.2, -0.15) is 0 Å². The third-order valence-electron chi connectivity index (χ3n) is 3.16. The number of rotatable bonds is 7. The van der Waals surface area contributed by atoms with Crippen LogP contribution in [0.2, 0.25) is 0 Å². The van der Waals surface area contributed by atoms with Crippen LogP contribution in [-0.2, 0) is 12.8 Å². The average Bonchev–Trinajstić information content (AvgIpc) is 2.54. The molecule has 4 nitrogen and oxygen atoms in total. The van der Waals surface area contributed by atoms with Crippen LogP contribution < -0.4 is 11.1 Å². The Hall–Kier alpha value is -1.63. The minimum absolute atomic E-state index is 0. The number of guanidine groups is 1. The predicted molar refractivity (Wildman–Crippen MR) is 103 cm³/mol. The highest BCUT2D eigenvalue weighted by Crippen LogP contribution is 2.02. The maximum absolute atomic E-state index is 5.84. The summed E-state index contributed by atoms with van der Waals surface area (Å²) in [7, 11) is 0. The number of hydrogen-bond donors (Lipinski definition) is 2. The molecule has 22 heavy (non-hydrogen) atoms. The van der Waals surface area contributed by atoms with E-state index in [9.17, 15) is 0 Å². The molecule has 3 N–H and O–H groups in total. The average molecular weight is 410 g/mol. The summed E-state index contributed by atoms with van der Waals surface area (Å²) >= 11 is 0. The number of nitrogens with one attached hydrogen (secondary N) is 1. The van der Waals surface area contributed by atoms with Crippen molar-refractivity contribution in [3.8, 4) is 0 Å². The lowest BCUT2D eigenvalue weighted by molar-refractivity contribution is 0.801. The largest absolute Gasteiger partial charge is 0.370 e. The molecule has 0 bridgehead atoms. The van der Waals surface area contributed by atoms with Crippen molar-refractivity contribution >= 4 is 29.9 Å². The van der Waals surface area contributed by atoms with Crippen LogP contribution in [0.5, 0.6) is 0 Å². The number of nitrogens with zero attached hydrogens (tertiary/aromatic N) is 2. The predicted octanol–water partition coefficient (Wildman–Crippen LogP) is 2.78. The summed E-state index contributed by atoms with van der Waals surface area (Å²) in [6.45, 7) is 1.50. The Morgan fingerprint density at radius 1 is 1.05 bits per heavy atom. The van der Waals surface area contributed by atoms with E-state index in [1.807, 2.05) is 24.3 Å². The van der Waals surface area contributed by atoms with Gasteiger partial charge in [-0.15, -0.1) is 24.0 Å². The highest BCUT2D eigenvalue weighted by Gasteiger charge is 1.95. The molecule has 2 aromatic rings. The molecule has 0 aliphatic rings. The molecule has 118 valence electrons. The third kappa shape index (κ3) is 7.40. The Morgan fingerprint density at radius 2 is 1.82 bits per heavy atom. The molecule has 0 unspecified atom stereocenters. The Kier molecular flexibility index (Phi) is 9.21. The van der Waals surface area contributed by atoms with Gasteiger partial charge in [0.15, 0.2) is 5.96 Å². The zero-order valence-electron chi connectivity index (χ0n) is 12.6. The number of halogens is 1. The number of benzene rings is 1. The summed E-state index contributed by atoms with van der Waals surface area (Å²) in [5.74, 6) is 0.513. The smallest absolute Gasteiger partial charge is 0.188 e. The molecule has 0 aliphatic heterocycles. The SMILES string of the molecule is I.NC(=NCCCc1ccccc1)NCCc1ccccn1. The fourth-order valence-corrected chi connectivity index (χ4v) is 2.05. The minimum Gasteiger partial charge on any atom is -0.370 e. The molecular formula is C17H23IN4. The lowest BCUT2D eigenvalue weighted by Crippen LogP contribution is -2.33. The van der Waals surface area contributed by atoms with Crippen LogP contribution in [0.1, 0.15) is 17.7 Å². The topological polar surface area (TPSA) is 63.3 Å². The Morgan fingerprint density at radius 3 is 2.55 bits per heavy atom. The van der Waals surface area contributed by atoms with Gasteiger partial charge in [-0.3, -0.25) is 9.98 Å². The summed E-state index contributed by atoms with van der Waals surface area (Å²) in [5, 5.41) is 3.12. The van der Waals surface area contributed by atoms with Crippen LogP contribution in [0.4, 0.5) is 0 Å². The monoisotopic (exact) mass is 410 g/mol. The van der Waals surface area contributed by atoms with Crippen molar-refractivity contribution in [2.45, 2.75) is 19.3 Å². The summed E-state index contributed by atoms with van der Waals surface area (Å²) in [4.78, 5) is 8.60. The van der Waals surface area contributed by atoms with Crippen LogP contribution in [0.25, 0.3) is 0 Å². The molecule has 0 atom stereocenters. The van der Waals surface area contributed by atoms with Gasteiger partial charge in [0.2, 0.25) is 0 Å². The zero-order chi connectivity index (χ0) is 14.8. The van der Waals surface area contributed by atoms with E-state index in [1.165, 1.54) is 5.56 Å². The van der Waals surface area contributed by atoms with Crippen molar-refractivity contribution in [1.29, 1.82) is 0 Å². The van der Waals surface area contributed by atoms with E-state index in [0.29, 0.717) is 5.96 Å². The molecule has 0 spiro atoms. The molecule has 1 aromatic heterocycles. The molecule has 1 aromatic carbocycles. The number of hydrogen-bond acceptors (Lipinski definition) is 2. The number of nitrogens with two attached hydrogens (primary N) is 1. The molecular weight excluding hydrogens is 387 g/mol. The van der Waals surface area contributed by atoms with Gasteiger partial charge >= 0.3 is 0 Å². The van der Waals surface area contributed by atoms with Crippen molar-refractivity contribution in [3.05, 3.63) is 66.0 Å². The molecule has 0 saturated carbocycles. The molecule has 2 rings (SSSR count). The van der Waals surface area contributed by atoms with Gasteiger partial charge in [-0.25, -0.2) is 0 Å². The van der Waals surface area contributed by atoms with Gasteiger partial charge in [0, 0.05) is 31.4 Å². The minimum atomic E-state index is 0. The van der Waals surface area contributed by atoms with Gasteiger partial charge < -0.3 is 11.1 Å². The first-order valence-corrected chi connectivity index (χ1v) is 7.32. The molecule has 0 amide bonds. The quantitative estimate of drug-likeness (QED) is 0.319. The first-order chi connectivity index (χ1) is 10.3. The number of aliphatic imine (C=N–C) groups is 1. The van der Waals surface area contributed by atoms with Gasteiger partial charge in [-0.1, -0.05) is 36.4 Å². The summed E-state index contributed by atoms with van der Waals surface area (Å²) in [6, 6.07) is 16.3. The summed E-state index contributed by atoms with van der Waals surface area (Å²) < 4.78 is 0. The van der Waals surface area contributed by atoms with E-state index >= 15 is 0 Å². The Bertz CT molecular complexity index is 543. The van der Waals surface area contributed by atoms with Crippen molar-refractivity contribution in [3.63, 3.8) is 0 Å². The van der Waals surface area contributed by atoms with E-state index in [-0.39, 0.29) is 24.0 Å². The second kappa shape index (κ2) is 11.0. The van der Waals surface area contributed by atoms with Gasteiger partial charge in [-0.05, 0) is 30.5 Å². The van der Waals surface area contributed by atoms with E-state index in [1.54, 1.807) is 6.20 Å². The first-order valence-electron chi connectivity index (χ1n) is 7.32. The fourth-order valence-electron chi connectivity index (χ4n) is 2.05. The lowest BCUT2D eigenvalue weighted by Gasteiger charge is -2.05. The Balaban J connectivity index is 0.00000242. The number of aryl methyl sites for hydroxylation is 1. The van der Waals surface area contributed by atoms with Crippen molar-refractivity contribution < 1.29 is 0 Å². The standard InChI is InChI=1S/C17H22N4.HI/c18-17(21-14-11-16-10-4-5-12-19-16)20-13-6-9-15-7-2-1-3-8-15;/h1-5,7-8,10,12H,6,9,11,13-14H2,(H3,18,20,21);1H. The first kappa shape index (κ1) is 18.4. The fraction of sp³-hybridized carbons (Fsp3) is 0.294. The van der Waals surface area contributed by atoms with Crippen LogP contribution in [0.15, 0.2) is 59.7 Å². The highest BCUT2D eigenvalue weighted by atomic mass is 127. The van der Waals surface area contributed by atoms with Crippen molar-refractivity contribution in [2.24, 2.45) is 10.7 Å². The zero-order valence-corrected chi connectivity index (χ0v) is 14.9. The molecule has 5 heteroatoms. The van der Waals surface area contributed by atoms with Gasteiger partial charge in [0.05, 0.1) is 0 Å². The molecule has 1 heterocycles. The molecule has 0 saturated heterocycles. The van der Waals surface area contributed by atoms with Crippen LogP contribution in [-0.4, -0.2) is 24.0 Å². The van der Waals surface area contributed by atoms with E-state index < -0.39 is 0 Å². The normalized spacial score (nSPS) is 10.8. The van der Waals surface area contributed by atoms with E-state index in [0.717, 1.165) is 38.0 Å². The number of aromatic nitrogens is 1. The summed E-state index contributed by atoms with van der Waals surface area (Å²) in [5.41, 5.74) is 8.24. The highest BCUT2D eigenvalue weighted by molar-refractivity contribution is 14.0. The summed E-state index contributed by atoms with van der Waals surface area (Å²) in [6.07, 6.45) is 4.69. The maximum Gasteiger partial charge on any atom is 0.188 e. The molecule has 0 radical (unpaired) electrons. The second-order valence-electron chi connectivity index (χ2n) is 4.85. The van der Waals surface area contributed by atoms with E-state index in [4.69, 9.17) is 5.73 Å². The second-order valence-corrected chi connectivity index (χ2v) is 4.85. The van der Waals surface area contributed by atoms with Crippen molar-refractivity contribution in [2.75, 3.05) is 13.1 Å². The molecule has 0 aliphatic carbocycles. The lowest BCUT2D eigenvalue weighted by atomic mass is 10.1. The van der Waals surface area contributed by atoms with Gasteiger partial charge in [0.1, 0.15) is 0 Å². The van der Waals surface area contributed by atoms with Crippen molar-refractivity contribution in [1.82, 2.24) is 10.3 Å². The number of pyridine rings is 1.